The molecule has 28 heavy (non-hydrogen) atoms. The van der Waals surface area contributed by atoms with E-state index >= 15 is 0 Å². The predicted octanol–water partition coefficient (Wildman–Crippen LogP) is 2.54. The van der Waals surface area contributed by atoms with Crippen LogP contribution in [0.4, 0.5) is 0 Å². The monoisotopic (exact) mass is 385 g/mol. The normalized spacial score (nSPS) is 13.0. The number of hydrogen-bond donors (Lipinski definition) is 1. The topological polar surface area (TPSA) is 76.1 Å². The Labute approximate surface area is 165 Å². The molecule has 0 saturated heterocycles. The molecule has 2 aromatic rings. The van der Waals surface area contributed by atoms with E-state index in [1.165, 1.54) is 0 Å². The van der Waals surface area contributed by atoms with E-state index in [0.29, 0.717) is 13.1 Å². The summed E-state index contributed by atoms with van der Waals surface area (Å²) in [6, 6.07) is 17.9. The van der Waals surface area contributed by atoms with Gasteiger partial charge in [-0.25, -0.2) is 4.79 Å². The Morgan fingerprint density at radius 3 is 1.68 bits per heavy atom. The van der Waals surface area contributed by atoms with Gasteiger partial charge in [0.25, 0.3) is 0 Å². The molecule has 1 N–H and O–H groups in total. The standard InChI is InChI=1S/C22H27NO5/c1-3-27-21(25)19(20(24)22(26)28-4-2)23(15-17-11-7-5-8-12-17)16-18-13-9-6-10-14-18/h5-14,19-20,24H,3-4,15-16H2,1-2H3/t19-,20+/m1/s1. The van der Waals surface area contributed by atoms with Crippen LogP contribution in [0.5, 0.6) is 0 Å². The van der Waals surface area contributed by atoms with Crippen molar-refractivity contribution in [1.29, 1.82) is 0 Å². The maximum Gasteiger partial charge on any atom is 0.337 e. The van der Waals surface area contributed by atoms with Gasteiger partial charge in [-0.3, -0.25) is 9.69 Å². The Balaban J connectivity index is 2.37. The van der Waals surface area contributed by atoms with E-state index in [0.717, 1.165) is 11.1 Å². The lowest BCUT2D eigenvalue weighted by molar-refractivity contribution is -0.168. The number of esters is 2. The van der Waals surface area contributed by atoms with Crippen molar-refractivity contribution in [3.8, 4) is 0 Å². The molecule has 0 fully saturated rings. The first-order valence-corrected chi connectivity index (χ1v) is 9.40. The number of rotatable bonds is 10. The zero-order chi connectivity index (χ0) is 20.4. The molecular weight excluding hydrogens is 358 g/mol. The first-order chi connectivity index (χ1) is 13.6. The highest BCUT2D eigenvalue weighted by molar-refractivity contribution is 5.86. The van der Waals surface area contributed by atoms with Gasteiger partial charge in [0.1, 0.15) is 6.04 Å². The quantitative estimate of drug-likeness (QED) is 0.634. The van der Waals surface area contributed by atoms with Crippen LogP contribution in [-0.2, 0) is 32.2 Å². The third-order valence-electron chi connectivity index (χ3n) is 4.21. The Kier molecular flexibility index (Phi) is 8.65. The molecule has 6 nitrogen and oxygen atoms in total. The van der Waals surface area contributed by atoms with Crippen LogP contribution < -0.4 is 0 Å². The highest BCUT2D eigenvalue weighted by Gasteiger charge is 2.39. The second kappa shape index (κ2) is 11.2. The first kappa shape index (κ1) is 21.6. The van der Waals surface area contributed by atoms with E-state index in [9.17, 15) is 14.7 Å². The average Bonchev–Trinajstić information content (AvgIpc) is 2.70. The molecule has 0 aromatic heterocycles. The molecule has 0 amide bonds. The minimum atomic E-state index is -1.65. The van der Waals surface area contributed by atoms with Crippen molar-refractivity contribution >= 4 is 11.9 Å². The van der Waals surface area contributed by atoms with Crippen molar-refractivity contribution in [2.75, 3.05) is 13.2 Å². The summed E-state index contributed by atoms with van der Waals surface area (Å²) in [4.78, 5) is 26.6. The predicted molar refractivity (Wildman–Crippen MR) is 105 cm³/mol. The lowest BCUT2D eigenvalue weighted by atomic mass is 10.1. The molecule has 2 rings (SSSR count). The fourth-order valence-electron chi connectivity index (χ4n) is 2.95. The lowest BCUT2D eigenvalue weighted by Gasteiger charge is -2.32. The Morgan fingerprint density at radius 2 is 1.25 bits per heavy atom. The van der Waals surface area contributed by atoms with Gasteiger partial charge in [-0.2, -0.15) is 0 Å². The van der Waals surface area contributed by atoms with Crippen molar-refractivity contribution in [3.63, 3.8) is 0 Å². The largest absolute Gasteiger partial charge is 0.465 e. The smallest absolute Gasteiger partial charge is 0.337 e. The molecule has 0 unspecified atom stereocenters. The van der Waals surface area contributed by atoms with Gasteiger partial charge in [0.15, 0.2) is 6.10 Å². The fraction of sp³-hybridized carbons (Fsp3) is 0.364. The second-order valence-electron chi connectivity index (χ2n) is 6.27. The summed E-state index contributed by atoms with van der Waals surface area (Å²) in [6.07, 6.45) is -1.65. The van der Waals surface area contributed by atoms with Crippen LogP contribution >= 0.6 is 0 Å². The van der Waals surface area contributed by atoms with E-state index < -0.39 is 24.1 Å². The van der Waals surface area contributed by atoms with Gasteiger partial charge in [-0.1, -0.05) is 60.7 Å². The summed E-state index contributed by atoms with van der Waals surface area (Å²) < 4.78 is 10.1. The molecule has 0 spiro atoms. The molecule has 0 aliphatic carbocycles. The molecule has 0 radical (unpaired) electrons. The SMILES string of the molecule is CCOC(=O)[C@@H](O)[C@H](C(=O)OCC)N(Cc1ccccc1)Cc1ccccc1. The van der Waals surface area contributed by atoms with Gasteiger partial charge in [-0.05, 0) is 25.0 Å². The molecule has 6 heteroatoms. The van der Waals surface area contributed by atoms with Crippen LogP contribution in [-0.4, -0.2) is 47.3 Å². The number of benzene rings is 2. The number of hydrogen-bond acceptors (Lipinski definition) is 6. The minimum Gasteiger partial charge on any atom is -0.465 e. The lowest BCUT2D eigenvalue weighted by Crippen LogP contribution is -2.52. The molecule has 0 bridgehead atoms. The number of ether oxygens (including phenoxy) is 2. The van der Waals surface area contributed by atoms with Gasteiger partial charge < -0.3 is 14.6 Å². The average molecular weight is 385 g/mol. The fourth-order valence-corrected chi connectivity index (χ4v) is 2.95. The number of nitrogens with zero attached hydrogens (tertiary/aromatic N) is 1. The molecular formula is C22H27NO5. The summed E-state index contributed by atoms with van der Waals surface area (Å²) in [5.74, 6) is -1.50. The van der Waals surface area contributed by atoms with Crippen LogP contribution in [0.25, 0.3) is 0 Å². The summed E-state index contributed by atoms with van der Waals surface area (Å²) in [6.45, 7) is 4.31. The van der Waals surface area contributed by atoms with Crippen molar-refractivity contribution in [3.05, 3.63) is 71.8 Å². The summed E-state index contributed by atoms with van der Waals surface area (Å²) >= 11 is 0. The molecule has 0 aliphatic heterocycles. The van der Waals surface area contributed by atoms with Crippen LogP contribution in [0.15, 0.2) is 60.7 Å². The van der Waals surface area contributed by atoms with E-state index in [2.05, 4.69) is 0 Å². The third kappa shape index (κ3) is 6.18. The number of carbonyl (C=O) groups excluding carboxylic acids is 2. The van der Waals surface area contributed by atoms with Gasteiger partial charge in [0.05, 0.1) is 13.2 Å². The highest BCUT2D eigenvalue weighted by Crippen LogP contribution is 2.18. The van der Waals surface area contributed by atoms with Crippen LogP contribution in [0.1, 0.15) is 25.0 Å². The van der Waals surface area contributed by atoms with E-state index in [-0.39, 0.29) is 13.2 Å². The van der Waals surface area contributed by atoms with Gasteiger partial charge >= 0.3 is 11.9 Å². The van der Waals surface area contributed by atoms with Crippen LogP contribution in [0, 0.1) is 0 Å². The summed E-state index contributed by atoms with van der Waals surface area (Å²) in [7, 11) is 0. The molecule has 150 valence electrons. The summed E-state index contributed by atoms with van der Waals surface area (Å²) in [5, 5.41) is 10.6. The van der Waals surface area contributed by atoms with Crippen LogP contribution in [0.3, 0.4) is 0 Å². The Bertz CT molecular complexity index is 694. The van der Waals surface area contributed by atoms with E-state index in [1.54, 1.807) is 18.7 Å². The molecule has 0 aliphatic rings. The second-order valence-corrected chi connectivity index (χ2v) is 6.27. The van der Waals surface area contributed by atoms with Crippen molar-refractivity contribution in [1.82, 2.24) is 4.90 Å². The van der Waals surface area contributed by atoms with Crippen LogP contribution in [0.2, 0.25) is 0 Å². The molecule has 2 aromatic carbocycles. The Morgan fingerprint density at radius 1 is 0.821 bits per heavy atom. The molecule has 0 heterocycles. The van der Waals surface area contributed by atoms with Crippen molar-refractivity contribution in [2.45, 2.75) is 39.1 Å². The maximum absolute atomic E-state index is 12.7. The van der Waals surface area contributed by atoms with Gasteiger partial charge in [-0.15, -0.1) is 0 Å². The van der Waals surface area contributed by atoms with Crippen molar-refractivity contribution < 1.29 is 24.2 Å². The van der Waals surface area contributed by atoms with E-state index in [4.69, 9.17) is 9.47 Å². The highest BCUT2D eigenvalue weighted by atomic mass is 16.6. The molecule has 2 atom stereocenters. The third-order valence-corrected chi connectivity index (χ3v) is 4.21. The zero-order valence-corrected chi connectivity index (χ0v) is 16.3. The number of aliphatic hydroxyl groups is 1. The number of aliphatic hydroxyl groups excluding tert-OH is 1. The summed E-state index contributed by atoms with van der Waals surface area (Å²) in [5.41, 5.74) is 1.90. The zero-order valence-electron chi connectivity index (χ0n) is 16.3. The van der Waals surface area contributed by atoms with Crippen molar-refractivity contribution in [2.24, 2.45) is 0 Å². The maximum atomic E-state index is 12.7. The van der Waals surface area contributed by atoms with Gasteiger partial charge in [0.2, 0.25) is 0 Å². The minimum absolute atomic E-state index is 0.114. The number of carbonyl (C=O) groups is 2. The van der Waals surface area contributed by atoms with Gasteiger partial charge in [0, 0.05) is 13.1 Å². The molecule has 0 saturated carbocycles. The first-order valence-electron chi connectivity index (χ1n) is 9.40. The Hall–Kier alpha value is -2.70. The van der Waals surface area contributed by atoms with E-state index in [1.807, 2.05) is 60.7 Å².